The summed E-state index contributed by atoms with van der Waals surface area (Å²) in [5.74, 6) is 0.958. The summed E-state index contributed by atoms with van der Waals surface area (Å²) in [7, 11) is 1.71. The number of hydrogen-bond donors (Lipinski definition) is 1. The number of nitrogens with two attached hydrogens (primary N) is 1. The molecule has 3 nitrogen and oxygen atoms in total. The van der Waals surface area contributed by atoms with Crippen LogP contribution in [0, 0.1) is 0 Å². The number of methoxy groups -OCH3 is 1. The van der Waals surface area contributed by atoms with Crippen LogP contribution in [0.4, 0.5) is 5.13 Å². The standard InChI is InChI=1S/C13H16N2OS/c1-3-10-6-9(4-5-12(10)16-2)7-11-8-15-13(14)17-11/h4-6,8H,3,7H2,1-2H3,(H2,14,15). The van der Waals surface area contributed by atoms with Crippen molar-refractivity contribution in [2.24, 2.45) is 0 Å². The minimum absolute atomic E-state index is 0.629. The van der Waals surface area contributed by atoms with Crippen LogP contribution in [0.3, 0.4) is 0 Å². The third-order valence-electron chi connectivity index (χ3n) is 2.68. The van der Waals surface area contributed by atoms with Crippen molar-refractivity contribution in [3.05, 3.63) is 40.4 Å². The molecule has 1 aromatic heterocycles. The molecular weight excluding hydrogens is 232 g/mol. The van der Waals surface area contributed by atoms with Gasteiger partial charge in [-0.1, -0.05) is 19.1 Å². The molecule has 2 aromatic rings. The second-order valence-electron chi connectivity index (χ2n) is 3.84. The van der Waals surface area contributed by atoms with Gasteiger partial charge in [0.15, 0.2) is 5.13 Å². The molecule has 0 aliphatic carbocycles. The minimum Gasteiger partial charge on any atom is -0.496 e. The fourth-order valence-corrected chi connectivity index (χ4v) is 2.54. The molecule has 2 rings (SSSR count). The quantitative estimate of drug-likeness (QED) is 0.905. The normalized spacial score (nSPS) is 10.5. The lowest BCUT2D eigenvalue weighted by atomic mass is 10.0. The predicted molar refractivity (Wildman–Crippen MR) is 71.7 cm³/mol. The van der Waals surface area contributed by atoms with Crippen LogP contribution in [0.5, 0.6) is 5.75 Å². The molecule has 0 bridgehead atoms. The highest BCUT2D eigenvalue weighted by Crippen LogP contribution is 2.24. The van der Waals surface area contributed by atoms with Gasteiger partial charge >= 0.3 is 0 Å². The largest absolute Gasteiger partial charge is 0.496 e. The first-order chi connectivity index (χ1) is 8.22. The van der Waals surface area contributed by atoms with Crippen LogP contribution >= 0.6 is 11.3 Å². The van der Waals surface area contributed by atoms with Crippen molar-refractivity contribution in [1.29, 1.82) is 0 Å². The monoisotopic (exact) mass is 248 g/mol. The van der Waals surface area contributed by atoms with Gasteiger partial charge in [-0.05, 0) is 23.6 Å². The van der Waals surface area contributed by atoms with Crippen molar-refractivity contribution in [3.63, 3.8) is 0 Å². The topological polar surface area (TPSA) is 48.1 Å². The maximum Gasteiger partial charge on any atom is 0.180 e. The highest BCUT2D eigenvalue weighted by molar-refractivity contribution is 7.15. The van der Waals surface area contributed by atoms with E-state index in [1.807, 2.05) is 12.3 Å². The Morgan fingerprint density at radius 2 is 2.24 bits per heavy atom. The minimum atomic E-state index is 0.629. The number of ether oxygens (including phenoxy) is 1. The lowest BCUT2D eigenvalue weighted by molar-refractivity contribution is 0.410. The van der Waals surface area contributed by atoms with Crippen LogP contribution in [0.2, 0.25) is 0 Å². The molecule has 0 saturated heterocycles. The van der Waals surface area contributed by atoms with Crippen LogP contribution in [0.25, 0.3) is 0 Å². The zero-order valence-electron chi connectivity index (χ0n) is 10.1. The van der Waals surface area contributed by atoms with Gasteiger partial charge in [0.2, 0.25) is 0 Å². The zero-order valence-corrected chi connectivity index (χ0v) is 10.9. The number of rotatable bonds is 4. The number of aryl methyl sites for hydroxylation is 1. The fraction of sp³-hybridized carbons (Fsp3) is 0.308. The van der Waals surface area contributed by atoms with E-state index in [1.165, 1.54) is 16.0 Å². The number of hydrogen-bond acceptors (Lipinski definition) is 4. The van der Waals surface area contributed by atoms with Gasteiger partial charge in [0.25, 0.3) is 0 Å². The van der Waals surface area contributed by atoms with Gasteiger partial charge in [0.1, 0.15) is 5.75 Å². The van der Waals surface area contributed by atoms with Crippen LogP contribution in [0.15, 0.2) is 24.4 Å². The van der Waals surface area contributed by atoms with E-state index in [0.717, 1.165) is 18.6 Å². The molecule has 90 valence electrons. The van der Waals surface area contributed by atoms with E-state index in [4.69, 9.17) is 10.5 Å². The molecule has 1 heterocycles. The average Bonchev–Trinajstić information content (AvgIpc) is 2.74. The first-order valence-corrected chi connectivity index (χ1v) is 6.40. The highest BCUT2D eigenvalue weighted by atomic mass is 32.1. The summed E-state index contributed by atoms with van der Waals surface area (Å²) < 4.78 is 5.32. The summed E-state index contributed by atoms with van der Waals surface area (Å²) in [5, 5.41) is 0.629. The number of benzene rings is 1. The summed E-state index contributed by atoms with van der Waals surface area (Å²) in [4.78, 5) is 5.25. The van der Waals surface area contributed by atoms with E-state index in [0.29, 0.717) is 5.13 Å². The van der Waals surface area contributed by atoms with E-state index < -0.39 is 0 Å². The molecule has 0 spiro atoms. The smallest absolute Gasteiger partial charge is 0.180 e. The van der Waals surface area contributed by atoms with Gasteiger partial charge in [0.05, 0.1) is 7.11 Å². The predicted octanol–water partition coefficient (Wildman–Crippen LogP) is 2.89. The molecule has 0 amide bonds. The van der Waals surface area contributed by atoms with Crippen molar-refractivity contribution < 1.29 is 4.74 Å². The number of anilines is 1. The first kappa shape index (κ1) is 11.9. The van der Waals surface area contributed by atoms with E-state index in [2.05, 4.69) is 24.0 Å². The second-order valence-corrected chi connectivity index (χ2v) is 4.99. The number of nitrogens with zero attached hydrogens (tertiary/aromatic N) is 1. The van der Waals surface area contributed by atoms with Crippen molar-refractivity contribution >= 4 is 16.5 Å². The van der Waals surface area contributed by atoms with Crippen LogP contribution < -0.4 is 10.5 Å². The molecule has 0 unspecified atom stereocenters. The maximum absolute atomic E-state index is 5.62. The molecular formula is C13H16N2OS. The van der Waals surface area contributed by atoms with E-state index >= 15 is 0 Å². The van der Waals surface area contributed by atoms with Crippen molar-refractivity contribution in [3.8, 4) is 5.75 Å². The Morgan fingerprint density at radius 1 is 1.41 bits per heavy atom. The Morgan fingerprint density at radius 3 is 2.82 bits per heavy atom. The third kappa shape index (κ3) is 2.77. The van der Waals surface area contributed by atoms with Gasteiger partial charge in [-0.15, -0.1) is 11.3 Å². The summed E-state index contributed by atoms with van der Waals surface area (Å²) >= 11 is 1.54. The molecule has 2 N–H and O–H groups in total. The van der Waals surface area contributed by atoms with Gasteiger partial charge in [-0.25, -0.2) is 4.98 Å². The first-order valence-electron chi connectivity index (χ1n) is 5.59. The molecule has 0 atom stereocenters. The number of thiazole rings is 1. The molecule has 0 aliphatic heterocycles. The molecule has 0 aliphatic rings. The fourth-order valence-electron chi connectivity index (χ4n) is 1.82. The van der Waals surface area contributed by atoms with Gasteiger partial charge < -0.3 is 10.5 Å². The average molecular weight is 248 g/mol. The molecule has 1 aromatic carbocycles. The third-order valence-corrected chi connectivity index (χ3v) is 3.50. The van der Waals surface area contributed by atoms with E-state index in [9.17, 15) is 0 Å². The second kappa shape index (κ2) is 5.19. The van der Waals surface area contributed by atoms with Crippen LogP contribution in [-0.2, 0) is 12.8 Å². The lowest BCUT2D eigenvalue weighted by Crippen LogP contribution is -1.93. The summed E-state index contributed by atoms with van der Waals surface area (Å²) in [6.45, 7) is 2.13. The Labute approximate surface area is 105 Å². The van der Waals surface area contributed by atoms with Gasteiger partial charge in [0, 0.05) is 17.5 Å². The Balaban J connectivity index is 2.22. The summed E-state index contributed by atoms with van der Waals surface area (Å²) in [5.41, 5.74) is 8.13. The molecule has 0 saturated carbocycles. The number of aromatic nitrogens is 1. The maximum atomic E-state index is 5.62. The molecule has 17 heavy (non-hydrogen) atoms. The van der Waals surface area contributed by atoms with Crippen molar-refractivity contribution in [2.75, 3.05) is 12.8 Å². The molecule has 0 radical (unpaired) electrons. The Hall–Kier alpha value is -1.55. The van der Waals surface area contributed by atoms with E-state index in [1.54, 1.807) is 18.4 Å². The summed E-state index contributed by atoms with van der Waals surface area (Å²) in [6.07, 6.45) is 3.70. The summed E-state index contributed by atoms with van der Waals surface area (Å²) in [6, 6.07) is 6.31. The van der Waals surface area contributed by atoms with E-state index in [-0.39, 0.29) is 0 Å². The zero-order chi connectivity index (χ0) is 12.3. The molecule has 4 heteroatoms. The van der Waals surface area contributed by atoms with Crippen molar-refractivity contribution in [2.45, 2.75) is 19.8 Å². The number of nitrogen functional groups attached to an aromatic ring is 1. The van der Waals surface area contributed by atoms with Crippen molar-refractivity contribution in [1.82, 2.24) is 4.98 Å². The lowest BCUT2D eigenvalue weighted by Gasteiger charge is -2.08. The highest BCUT2D eigenvalue weighted by Gasteiger charge is 2.05. The van der Waals surface area contributed by atoms with Crippen LogP contribution in [-0.4, -0.2) is 12.1 Å². The van der Waals surface area contributed by atoms with Gasteiger partial charge in [-0.3, -0.25) is 0 Å². The Bertz CT molecular complexity index is 508. The SMILES string of the molecule is CCc1cc(Cc2cnc(N)s2)ccc1OC. The molecule has 0 fully saturated rings. The van der Waals surface area contributed by atoms with Gasteiger partial charge in [-0.2, -0.15) is 0 Å². The Kier molecular flexibility index (Phi) is 3.64. The van der Waals surface area contributed by atoms with Crippen LogP contribution in [0.1, 0.15) is 22.9 Å².